The summed E-state index contributed by atoms with van der Waals surface area (Å²) in [7, 11) is 1.86. The summed E-state index contributed by atoms with van der Waals surface area (Å²) in [5, 5.41) is 10.6. The van der Waals surface area contributed by atoms with Crippen LogP contribution in [0.2, 0.25) is 0 Å². The first-order valence-corrected chi connectivity index (χ1v) is 6.40. The van der Waals surface area contributed by atoms with Crippen LogP contribution in [0.4, 0.5) is 0 Å². The van der Waals surface area contributed by atoms with Gasteiger partial charge in [-0.1, -0.05) is 12.8 Å². The molecule has 0 aliphatic heterocycles. The second-order valence-corrected chi connectivity index (χ2v) is 5.38. The van der Waals surface area contributed by atoms with E-state index in [1.807, 2.05) is 14.0 Å². The van der Waals surface area contributed by atoms with Crippen LogP contribution in [0.3, 0.4) is 0 Å². The van der Waals surface area contributed by atoms with Crippen molar-refractivity contribution in [3.63, 3.8) is 0 Å². The number of aromatic nitrogens is 3. The molecule has 0 bridgehead atoms. The van der Waals surface area contributed by atoms with E-state index in [4.69, 9.17) is 5.73 Å². The van der Waals surface area contributed by atoms with E-state index in [9.17, 15) is 4.79 Å². The topological polar surface area (TPSA) is 85.8 Å². The Labute approximate surface area is 131 Å². The fraction of sp³-hybridized carbons (Fsp3) is 0.750. The SMILES string of the molecule is Cl.Cl.Cn1cnnc1CNC(=O)C1CCCCC1(C)N. The number of nitrogens with one attached hydrogen (secondary N) is 1. The van der Waals surface area contributed by atoms with Crippen LogP contribution < -0.4 is 11.1 Å². The molecule has 8 heteroatoms. The van der Waals surface area contributed by atoms with Crippen molar-refractivity contribution in [2.75, 3.05) is 0 Å². The molecule has 1 aliphatic carbocycles. The molecule has 2 unspecified atom stereocenters. The lowest BCUT2D eigenvalue weighted by molar-refractivity contribution is -0.128. The Morgan fingerprint density at radius 3 is 2.80 bits per heavy atom. The number of carbonyl (C=O) groups excluding carboxylic acids is 1. The Balaban J connectivity index is 0.00000180. The lowest BCUT2D eigenvalue weighted by Gasteiger charge is -2.37. The fourth-order valence-corrected chi connectivity index (χ4v) is 2.55. The maximum absolute atomic E-state index is 12.2. The minimum atomic E-state index is -0.387. The van der Waals surface area contributed by atoms with Gasteiger partial charge in [0.1, 0.15) is 6.33 Å². The third-order valence-corrected chi connectivity index (χ3v) is 3.80. The monoisotopic (exact) mass is 323 g/mol. The van der Waals surface area contributed by atoms with Crippen LogP contribution in [-0.2, 0) is 18.4 Å². The zero-order valence-electron chi connectivity index (χ0n) is 11.8. The zero-order chi connectivity index (χ0) is 13.2. The molecule has 6 nitrogen and oxygen atoms in total. The van der Waals surface area contributed by atoms with Crippen molar-refractivity contribution >= 4 is 30.7 Å². The van der Waals surface area contributed by atoms with E-state index in [0.717, 1.165) is 31.5 Å². The first-order chi connectivity index (χ1) is 8.50. The van der Waals surface area contributed by atoms with Gasteiger partial charge >= 0.3 is 0 Å². The van der Waals surface area contributed by atoms with Gasteiger partial charge in [0, 0.05) is 12.6 Å². The van der Waals surface area contributed by atoms with Gasteiger partial charge in [-0.2, -0.15) is 0 Å². The molecule has 1 amide bonds. The molecule has 0 aromatic carbocycles. The van der Waals surface area contributed by atoms with Crippen molar-refractivity contribution in [2.45, 2.75) is 44.7 Å². The molecular formula is C12H23Cl2N5O. The smallest absolute Gasteiger partial charge is 0.225 e. The highest BCUT2D eigenvalue weighted by Gasteiger charge is 2.37. The van der Waals surface area contributed by atoms with Gasteiger partial charge in [-0.15, -0.1) is 35.0 Å². The molecule has 1 fully saturated rings. The molecule has 0 spiro atoms. The van der Waals surface area contributed by atoms with Crippen molar-refractivity contribution in [1.82, 2.24) is 20.1 Å². The summed E-state index contributed by atoms with van der Waals surface area (Å²) in [6.07, 6.45) is 5.59. The van der Waals surface area contributed by atoms with E-state index in [1.54, 1.807) is 10.9 Å². The lowest BCUT2D eigenvalue weighted by atomic mass is 9.74. The zero-order valence-corrected chi connectivity index (χ0v) is 13.5. The molecule has 1 aromatic heterocycles. The first kappa shape index (κ1) is 19.1. The summed E-state index contributed by atoms with van der Waals surface area (Å²) in [4.78, 5) is 12.2. The van der Waals surface area contributed by atoms with E-state index in [0.29, 0.717) is 6.54 Å². The molecule has 2 atom stereocenters. The van der Waals surface area contributed by atoms with Gasteiger partial charge in [0.05, 0.1) is 12.5 Å². The van der Waals surface area contributed by atoms with Crippen LogP contribution in [0.25, 0.3) is 0 Å². The van der Waals surface area contributed by atoms with Crippen molar-refractivity contribution in [1.29, 1.82) is 0 Å². The van der Waals surface area contributed by atoms with Crippen molar-refractivity contribution in [3.8, 4) is 0 Å². The maximum atomic E-state index is 12.2. The van der Waals surface area contributed by atoms with Crippen LogP contribution >= 0.6 is 24.8 Å². The lowest BCUT2D eigenvalue weighted by Crippen LogP contribution is -2.52. The first-order valence-electron chi connectivity index (χ1n) is 6.40. The Kier molecular flexibility index (Phi) is 7.47. The quantitative estimate of drug-likeness (QED) is 0.874. The number of rotatable bonds is 3. The molecule has 0 saturated heterocycles. The second kappa shape index (κ2) is 7.81. The maximum Gasteiger partial charge on any atom is 0.225 e. The molecule has 1 saturated carbocycles. The number of hydrogen-bond donors (Lipinski definition) is 2. The Morgan fingerprint density at radius 1 is 1.55 bits per heavy atom. The average molecular weight is 324 g/mol. The third kappa shape index (κ3) is 4.33. The number of aryl methyl sites for hydroxylation is 1. The summed E-state index contributed by atoms with van der Waals surface area (Å²) < 4.78 is 1.79. The molecule has 116 valence electrons. The van der Waals surface area contributed by atoms with Crippen LogP contribution in [0.1, 0.15) is 38.4 Å². The molecule has 0 radical (unpaired) electrons. The van der Waals surface area contributed by atoms with E-state index in [2.05, 4.69) is 15.5 Å². The van der Waals surface area contributed by atoms with E-state index in [-0.39, 0.29) is 42.2 Å². The largest absolute Gasteiger partial charge is 0.348 e. The number of nitrogens with zero attached hydrogens (tertiary/aromatic N) is 3. The molecule has 3 N–H and O–H groups in total. The fourth-order valence-electron chi connectivity index (χ4n) is 2.55. The van der Waals surface area contributed by atoms with E-state index >= 15 is 0 Å². The van der Waals surface area contributed by atoms with Crippen molar-refractivity contribution in [3.05, 3.63) is 12.2 Å². The minimum Gasteiger partial charge on any atom is -0.348 e. The molecule has 1 aromatic rings. The Hall–Kier alpha value is -0.850. The molecule has 1 heterocycles. The molecule has 1 aliphatic rings. The standard InChI is InChI=1S/C12H21N5O.2ClH/c1-12(13)6-4-3-5-9(12)11(18)14-7-10-16-15-8-17(10)2;;/h8-9H,3-7,13H2,1-2H3,(H,14,18);2*1H. The number of hydrogen-bond acceptors (Lipinski definition) is 4. The minimum absolute atomic E-state index is 0. The predicted octanol–water partition coefficient (Wildman–Crippen LogP) is 1.18. The Bertz CT molecular complexity index is 435. The highest BCUT2D eigenvalue weighted by Crippen LogP contribution is 2.31. The van der Waals surface area contributed by atoms with Gasteiger partial charge < -0.3 is 15.6 Å². The second-order valence-electron chi connectivity index (χ2n) is 5.38. The number of carbonyl (C=O) groups is 1. The highest BCUT2D eigenvalue weighted by atomic mass is 35.5. The van der Waals surface area contributed by atoms with Crippen LogP contribution in [-0.4, -0.2) is 26.2 Å². The van der Waals surface area contributed by atoms with Gasteiger partial charge in [-0.3, -0.25) is 4.79 Å². The number of nitrogens with two attached hydrogens (primary N) is 1. The van der Waals surface area contributed by atoms with Gasteiger partial charge in [-0.05, 0) is 19.8 Å². The van der Waals surface area contributed by atoms with E-state index in [1.165, 1.54) is 0 Å². The van der Waals surface area contributed by atoms with Gasteiger partial charge in [-0.25, -0.2) is 0 Å². The highest BCUT2D eigenvalue weighted by molar-refractivity contribution is 5.85. The number of amides is 1. The van der Waals surface area contributed by atoms with Crippen molar-refractivity contribution < 1.29 is 4.79 Å². The molecule has 20 heavy (non-hydrogen) atoms. The van der Waals surface area contributed by atoms with Crippen LogP contribution in [0, 0.1) is 5.92 Å². The van der Waals surface area contributed by atoms with Gasteiger partial charge in [0.25, 0.3) is 0 Å². The summed E-state index contributed by atoms with van der Waals surface area (Å²) in [5.74, 6) is 0.681. The van der Waals surface area contributed by atoms with Crippen molar-refractivity contribution in [2.24, 2.45) is 18.7 Å². The summed E-state index contributed by atoms with van der Waals surface area (Å²) in [6.45, 7) is 2.38. The Morgan fingerprint density at radius 2 is 2.25 bits per heavy atom. The van der Waals surface area contributed by atoms with Gasteiger partial charge in [0.15, 0.2) is 5.82 Å². The summed E-state index contributed by atoms with van der Waals surface area (Å²) >= 11 is 0. The molecular weight excluding hydrogens is 301 g/mol. The number of halogens is 2. The summed E-state index contributed by atoms with van der Waals surface area (Å²) in [5.41, 5.74) is 5.82. The van der Waals surface area contributed by atoms with Crippen LogP contribution in [0.5, 0.6) is 0 Å². The predicted molar refractivity (Wildman–Crippen MR) is 81.9 cm³/mol. The van der Waals surface area contributed by atoms with Gasteiger partial charge in [0.2, 0.25) is 5.91 Å². The third-order valence-electron chi connectivity index (χ3n) is 3.80. The normalized spacial score (nSPS) is 25.2. The summed E-state index contributed by atoms with van der Waals surface area (Å²) in [6, 6.07) is 0. The van der Waals surface area contributed by atoms with E-state index < -0.39 is 0 Å². The molecule has 2 rings (SSSR count). The van der Waals surface area contributed by atoms with Crippen LogP contribution in [0.15, 0.2) is 6.33 Å². The average Bonchev–Trinajstić information content (AvgIpc) is 2.71.